The minimum atomic E-state index is -0.148. The van der Waals surface area contributed by atoms with Crippen LogP contribution < -0.4 is 0 Å². The number of hydrogen-bond donors (Lipinski definition) is 1. The molecule has 0 amide bonds. The van der Waals surface area contributed by atoms with Gasteiger partial charge in [-0.3, -0.25) is 0 Å². The summed E-state index contributed by atoms with van der Waals surface area (Å²) in [7, 11) is 0. The molecule has 0 aromatic carbocycles. The van der Waals surface area contributed by atoms with Crippen molar-refractivity contribution < 1.29 is 5.11 Å². The van der Waals surface area contributed by atoms with Crippen molar-refractivity contribution in [1.29, 1.82) is 0 Å². The summed E-state index contributed by atoms with van der Waals surface area (Å²) >= 11 is 6.23. The molecule has 0 unspecified atom stereocenters. The summed E-state index contributed by atoms with van der Waals surface area (Å²) in [5.74, 6) is 0.628. The van der Waals surface area contributed by atoms with E-state index in [0.717, 1.165) is 12.8 Å². The van der Waals surface area contributed by atoms with E-state index in [1.54, 1.807) is 0 Å². The van der Waals surface area contributed by atoms with Crippen LogP contribution in [0.2, 0.25) is 0 Å². The van der Waals surface area contributed by atoms with Crippen LogP contribution in [-0.2, 0) is 0 Å². The summed E-state index contributed by atoms with van der Waals surface area (Å²) in [5, 5.41) is 10.1. The summed E-state index contributed by atoms with van der Waals surface area (Å²) in [6.07, 6.45) is 5.68. The number of rotatable bonds is 2. The topological polar surface area (TPSA) is 20.2 Å². The molecular weight excluding hydrogens is 172 g/mol. The lowest BCUT2D eigenvalue weighted by molar-refractivity contribution is 0.0630. The standard InChI is InChI=1S/C10H17ClO/c1-2-8(12)10-6-4-3-5-7(10)9(10)11/h7-9,12H,2-6H2,1H3/t7-,8-,9-,10-/m0/s1. The van der Waals surface area contributed by atoms with Gasteiger partial charge in [0.2, 0.25) is 0 Å². The van der Waals surface area contributed by atoms with E-state index in [9.17, 15) is 5.11 Å². The summed E-state index contributed by atoms with van der Waals surface area (Å²) in [6.45, 7) is 2.05. The Morgan fingerprint density at radius 2 is 2.33 bits per heavy atom. The third kappa shape index (κ3) is 0.958. The Morgan fingerprint density at radius 3 is 2.92 bits per heavy atom. The fourth-order valence-corrected chi connectivity index (χ4v) is 3.70. The fourth-order valence-electron chi connectivity index (χ4n) is 3.00. The largest absolute Gasteiger partial charge is 0.392 e. The highest BCUT2D eigenvalue weighted by atomic mass is 35.5. The number of alkyl halides is 1. The van der Waals surface area contributed by atoms with E-state index >= 15 is 0 Å². The summed E-state index contributed by atoms with van der Waals surface area (Å²) in [4.78, 5) is 0. The van der Waals surface area contributed by atoms with Gasteiger partial charge in [0.15, 0.2) is 0 Å². The van der Waals surface area contributed by atoms with Gasteiger partial charge >= 0.3 is 0 Å². The second-order valence-corrected chi connectivity index (χ2v) is 4.76. The minimum absolute atomic E-state index is 0.133. The zero-order valence-corrected chi connectivity index (χ0v) is 8.35. The van der Waals surface area contributed by atoms with Gasteiger partial charge in [0, 0.05) is 10.8 Å². The first-order valence-corrected chi connectivity index (χ1v) is 5.49. The first-order valence-electron chi connectivity index (χ1n) is 5.05. The first-order chi connectivity index (χ1) is 5.73. The van der Waals surface area contributed by atoms with E-state index in [2.05, 4.69) is 0 Å². The number of hydrogen-bond acceptors (Lipinski definition) is 1. The Labute approximate surface area is 79.1 Å². The smallest absolute Gasteiger partial charge is 0.0611 e. The highest BCUT2D eigenvalue weighted by Gasteiger charge is 2.66. The van der Waals surface area contributed by atoms with Gasteiger partial charge in [-0.2, -0.15) is 0 Å². The Balaban J connectivity index is 2.10. The van der Waals surface area contributed by atoms with Crippen molar-refractivity contribution in [2.45, 2.75) is 50.5 Å². The molecule has 2 rings (SSSR count). The normalized spacial score (nSPS) is 48.2. The number of aliphatic hydroxyl groups excluding tert-OH is 1. The van der Waals surface area contributed by atoms with Gasteiger partial charge in [0.1, 0.15) is 0 Å². The highest BCUT2D eigenvalue weighted by molar-refractivity contribution is 6.23. The predicted octanol–water partition coefficient (Wildman–Crippen LogP) is 2.55. The summed E-state index contributed by atoms with van der Waals surface area (Å²) < 4.78 is 0. The molecule has 0 heterocycles. The number of fused-ring (bicyclic) bond motifs is 1. The van der Waals surface area contributed by atoms with Gasteiger partial charge < -0.3 is 5.11 Å². The van der Waals surface area contributed by atoms with Gasteiger partial charge in [-0.1, -0.05) is 19.8 Å². The maximum Gasteiger partial charge on any atom is 0.0611 e. The van der Waals surface area contributed by atoms with Crippen molar-refractivity contribution in [2.24, 2.45) is 11.3 Å². The van der Waals surface area contributed by atoms with E-state index in [4.69, 9.17) is 11.6 Å². The van der Waals surface area contributed by atoms with Crippen LogP contribution in [0.15, 0.2) is 0 Å². The summed E-state index contributed by atoms with van der Waals surface area (Å²) in [5.41, 5.74) is 0.133. The third-order valence-corrected chi connectivity index (χ3v) is 4.54. The molecule has 0 radical (unpaired) electrons. The minimum Gasteiger partial charge on any atom is -0.392 e. The van der Waals surface area contributed by atoms with Crippen LogP contribution in [0.5, 0.6) is 0 Å². The molecule has 0 aromatic rings. The molecule has 1 N–H and O–H groups in total. The molecule has 2 saturated carbocycles. The van der Waals surface area contributed by atoms with Crippen molar-refractivity contribution in [3.8, 4) is 0 Å². The van der Waals surface area contributed by atoms with Crippen LogP contribution in [0, 0.1) is 11.3 Å². The van der Waals surface area contributed by atoms with E-state index in [-0.39, 0.29) is 16.9 Å². The molecule has 0 saturated heterocycles. The molecule has 2 fully saturated rings. The van der Waals surface area contributed by atoms with E-state index in [1.165, 1.54) is 19.3 Å². The van der Waals surface area contributed by atoms with Crippen molar-refractivity contribution in [3.05, 3.63) is 0 Å². The van der Waals surface area contributed by atoms with Gasteiger partial charge in [-0.15, -0.1) is 11.6 Å². The van der Waals surface area contributed by atoms with Crippen LogP contribution in [0.1, 0.15) is 39.0 Å². The molecule has 0 aliphatic heterocycles. The number of aliphatic hydroxyl groups is 1. The van der Waals surface area contributed by atoms with E-state index in [0.29, 0.717) is 5.92 Å². The fraction of sp³-hybridized carbons (Fsp3) is 1.00. The lowest BCUT2D eigenvalue weighted by Crippen LogP contribution is -2.26. The predicted molar refractivity (Wildman–Crippen MR) is 50.3 cm³/mol. The molecular formula is C10H17ClO. The van der Waals surface area contributed by atoms with E-state index < -0.39 is 0 Å². The average molecular weight is 189 g/mol. The van der Waals surface area contributed by atoms with Crippen LogP contribution in [-0.4, -0.2) is 16.6 Å². The maximum absolute atomic E-state index is 9.87. The van der Waals surface area contributed by atoms with Gasteiger partial charge in [0.05, 0.1) is 6.10 Å². The van der Waals surface area contributed by atoms with Crippen LogP contribution in [0.25, 0.3) is 0 Å². The van der Waals surface area contributed by atoms with Crippen molar-refractivity contribution >= 4 is 11.6 Å². The molecule has 4 atom stereocenters. The average Bonchev–Trinajstić information content (AvgIpc) is 2.73. The SMILES string of the molecule is CC[C@H](O)[C@]12CCCC[C@H]1[C@@H]2Cl. The molecule has 0 bridgehead atoms. The van der Waals surface area contributed by atoms with Crippen LogP contribution in [0.3, 0.4) is 0 Å². The van der Waals surface area contributed by atoms with Gasteiger partial charge in [-0.25, -0.2) is 0 Å². The molecule has 2 aliphatic carbocycles. The second-order valence-electron chi connectivity index (χ2n) is 4.29. The Morgan fingerprint density at radius 1 is 1.58 bits per heavy atom. The Hall–Kier alpha value is 0.250. The molecule has 12 heavy (non-hydrogen) atoms. The Kier molecular flexibility index (Phi) is 2.12. The Bertz CT molecular complexity index is 179. The molecule has 0 spiro atoms. The molecule has 70 valence electrons. The number of halogens is 1. The zero-order valence-electron chi connectivity index (χ0n) is 7.59. The molecule has 2 aliphatic rings. The lowest BCUT2D eigenvalue weighted by Gasteiger charge is -2.26. The molecule has 2 heteroatoms. The van der Waals surface area contributed by atoms with Gasteiger partial charge in [-0.05, 0) is 25.2 Å². The van der Waals surface area contributed by atoms with E-state index in [1.807, 2.05) is 6.92 Å². The van der Waals surface area contributed by atoms with Crippen molar-refractivity contribution in [3.63, 3.8) is 0 Å². The summed E-state index contributed by atoms with van der Waals surface area (Å²) in [6, 6.07) is 0. The second kappa shape index (κ2) is 2.88. The van der Waals surface area contributed by atoms with Crippen LogP contribution in [0.4, 0.5) is 0 Å². The zero-order chi connectivity index (χ0) is 8.77. The van der Waals surface area contributed by atoms with Crippen LogP contribution >= 0.6 is 11.6 Å². The molecule has 1 nitrogen and oxygen atoms in total. The van der Waals surface area contributed by atoms with Crippen molar-refractivity contribution in [1.82, 2.24) is 0 Å². The third-order valence-electron chi connectivity index (χ3n) is 3.83. The molecule has 0 aromatic heterocycles. The van der Waals surface area contributed by atoms with Gasteiger partial charge in [0.25, 0.3) is 0 Å². The quantitative estimate of drug-likeness (QED) is 0.661. The van der Waals surface area contributed by atoms with Crippen molar-refractivity contribution in [2.75, 3.05) is 0 Å². The maximum atomic E-state index is 9.87. The highest BCUT2D eigenvalue weighted by Crippen LogP contribution is 2.66. The first kappa shape index (κ1) is 8.83. The lowest BCUT2D eigenvalue weighted by atomic mass is 9.83. The monoisotopic (exact) mass is 188 g/mol.